The average molecular weight is 261 g/mol. The van der Waals surface area contributed by atoms with Crippen LogP contribution in [-0.2, 0) is 11.0 Å². The smallest absolute Gasteiger partial charge is 0.124 e. The van der Waals surface area contributed by atoms with Gasteiger partial charge in [-0.05, 0) is 36.3 Å². The molecule has 0 amide bonds. The molecule has 0 atom stereocenters. The van der Waals surface area contributed by atoms with E-state index in [-0.39, 0.29) is 11.0 Å². The maximum absolute atomic E-state index is 10.7. The van der Waals surface area contributed by atoms with Crippen LogP contribution in [0.3, 0.4) is 0 Å². The van der Waals surface area contributed by atoms with Gasteiger partial charge in [0.1, 0.15) is 5.75 Å². The lowest BCUT2D eigenvalue weighted by Gasteiger charge is -2.37. The number of nitrogens with two attached hydrogens (primary N) is 1. The third kappa shape index (κ3) is 2.64. The highest BCUT2D eigenvalue weighted by atomic mass is 16.3. The number of phenolic OH excluding ortho intramolecular Hbond substituents is 1. The lowest BCUT2D eigenvalue weighted by molar-refractivity contribution is 0.289. The molecule has 2 heteroatoms. The third-order valence-electron chi connectivity index (χ3n) is 4.44. The Labute approximate surface area is 117 Å². The van der Waals surface area contributed by atoms with Gasteiger partial charge in [0.05, 0.1) is 0 Å². The van der Waals surface area contributed by atoms with E-state index >= 15 is 0 Å². The molecule has 1 aliphatic rings. The molecule has 1 aliphatic carbocycles. The molecular formula is C17H27NO. The second-order valence-corrected chi connectivity index (χ2v) is 7.12. The first kappa shape index (κ1) is 14.4. The molecule has 0 aromatic heterocycles. The fourth-order valence-electron chi connectivity index (χ4n) is 3.36. The van der Waals surface area contributed by atoms with Crippen LogP contribution in [0, 0.1) is 6.92 Å². The Morgan fingerprint density at radius 2 is 1.68 bits per heavy atom. The second-order valence-electron chi connectivity index (χ2n) is 7.12. The molecule has 0 unspecified atom stereocenters. The summed E-state index contributed by atoms with van der Waals surface area (Å²) < 4.78 is 0. The Hall–Kier alpha value is -1.02. The number of aryl methyl sites for hydroxylation is 1. The molecule has 0 radical (unpaired) electrons. The summed E-state index contributed by atoms with van der Waals surface area (Å²) in [5, 5.41) is 10.7. The van der Waals surface area contributed by atoms with E-state index in [1.807, 2.05) is 6.07 Å². The van der Waals surface area contributed by atoms with Crippen LogP contribution >= 0.6 is 0 Å². The monoisotopic (exact) mass is 261 g/mol. The third-order valence-corrected chi connectivity index (χ3v) is 4.44. The first-order chi connectivity index (χ1) is 8.76. The zero-order chi connectivity index (χ0) is 14.3. The Bertz CT molecular complexity index is 465. The van der Waals surface area contributed by atoms with Crippen LogP contribution in [0.25, 0.3) is 0 Å². The Morgan fingerprint density at radius 3 is 2.21 bits per heavy atom. The molecule has 2 rings (SSSR count). The van der Waals surface area contributed by atoms with Gasteiger partial charge in [-0.1, -0.05) is 52.2 Å². The van der Waals surface area contributed by atoms with Crippen molar-refractivity contribution in [1.82, 2.24) is 0 Å². The zero-order valence-corrected chi connectivity index (χ0v) is 12.7. The van der Waals surface area contributed by atoms with Gasteiger partial charge >= 0.3 is 0 Å². The maximum Gasteiger partial charge on any atom is 0.124 e. The second kappa shape index (κ2) is 4.82. The molecule has 1 fully saturated rings. The SMILES string of the molecule is Cc1ccc(C(C)(C)C)c(O)c1C1(N)CCCCC1. The highest BCUT2D eigenvalue weighted by Crippen LogP contribution is 2.44. The van der Waals surface area contributed by atoms with Crippen molar-refractivity contribution in [3.05, 3.63) is 28.8 Å². The van der Waals surface area contributed by atoms with Crippen molar-refractivity contribution in [3.8, 4) is 5.75 Å². The van der Waals surface area contributed by atoms with Crippen molar-refractivity contribution >= 4 is 0 Å². The number of hydrogen-bond acceptors (Lipinski definition) is 2. The summed E-state index contributed by atoms with van der Waals surface area (Å²) >= 11 is 0. The predicted octanol–water partition coefficient (Wildman–Crippen LogP) is 4.12. The van der Waals surface area contributed by atoms with Gasteiger partial charge in [-0.3, -0.25) is 0 Å². The van der Waals surface area contributed by atoms with Gasteiger partial charge in [-0.2, -0.15) is 0 Å². The van der Waals surface area contributed by atoms with E-state index in [1.165, 1.54) is 6.42 Å². The van der Waals surface area contributed by atoms with E-state index in [2.05, 4.69) is 33.8 Å². The maximum atomic E-state index is 10.7. The Balaban J connectivity index is 2.56. The van der Waals surface area contributed by atoms with Crippen LogP contribution in [0.4, 0.5) is 0 Å². The van der Waals surface area contributed by atoms with Gasteiger partial charge in [0, 0.05) is 11.1 Å². The molecular weight excluding hydrogens is 234 g/mol. The molecule has 0 bridgehead atoms. The highest BCUT2D eigenvalue weighted by molar-refractivity contribution is 5.51. The zero-order valence-electron chi connectivity index (χ0n) is 12.7. The van der Waals surface area contributed by atoms with Crippen LogP contribution in [0.5, 0.6) is 5.75 Å². The summed E-state index contributed by atoms with van der Waals surface area (Å²) in [5.41, 5.74) is 9.35. The standard InChI is InChI=1S/C17H27NO/c1-12-8-9-13(16(2,3)4)15(19)14(12)17(18)10-6-5-7-11-17/h8-9,19H,5-7,10-11,18H2,1-4H3. The van der Waals surface area contributed by atoms with Crippen LogP contribution in [0.15, 0.2) is 12.1 Å². The summed E-state index contributed by atoms with van der Waals surface area (Å²) in [6.07, 6.45) is 5.55. The number of hydrogen-bond donors (Lipinski definition) is 2. The Morgan fingerprint density at radius 1 is 1.11 bits per heavy atom. The van der Waals surface area contributed by atoms with Gasteiger partial charge in [-0.25, -0.2) is 0 Å². The van der Waals surface area contributed by atoms with Gasteiger partial charge in [0.15, 0.2) is 0 Å². The first-order valence-electron chi connectivity index (χ1n) is 7.38. The lowest BCUT2D eigenvalue weighted by atomic mass is 9.73. The minimum Gasteiger partial charge on any atom is -0.507 e. The van der Waals surface area contributed by atoms with Crippen molar-refractivity contribution in [2.24, 2.45) is 5.73 Å². The molecule has 1 aromatic rings. The minimum atomic E-state index is -0.340. The first-order valence-corrected chi connectivity index (χ1v) is 7.38. The molecule has 1 saturated carbocycles. The van der Waals surface area contributed by atoms with Crippen molar-refractivity contribution in [1.29, 1.82) is 0 Å². The molecule has 3 N–H and O–H groups in total. The van der Waals surface area contributed by atoms with E-state index in [0.717, 1.165) is 42.4 Å². The van der Waals surface area contributed by atoms with Gasteiger partial charge in [0.25, 0.3) is 0 Å². The van der Waals surface area contributed by atoms with Gasteiger partial charge in [0.2, 0.25) is 0 Å². The summed E-state index contributed by atoms with van der Waals surface area (Å²) in [4.78, 5) is 0. The predicted molar refractivity (Wildman–Crippen MR) is 80.5 cm³/mol. The van der Waals surface area contributed by atoms with Crippen LogP contribution < -0.4 is 5.73 Å². The minimum absolute atomic E-state index is 0.0580. The summed E-state index contributed by atoms with van der Waals surface area (Å²) in [6.45, 7) is 8.45. The van der Waals surface area contributed by atoms with E-state index in [0.29, 0.717) is 5.75 Å². The fourth-order valence-corrected chi connectivity index (χ4v) is 3.36. The molecule has 1 aromatic carbocycles. The summed E-state index contributed by atoms with van der Waals surface area (Å²) in [7, 11) is 0. The lowest BCUT2D eigenvalue weighted by Crippen LogP contribution is -2.39. The normalized spacial score (nSPS) is 19.4. The van der Waals surface area contributed by atoms with Crippen LogP contribution in [-0.4, -0.2) is 5.11 Å². The van der Waals surface area contributed by atoms with Gasteiger partial charge < -0.3 is 10.8 Å². The quantitative estimate of drug-likeness (QED) is 0.799. The van der Waals surface area contributed by atoms with E-state index in [1.54, 1.807) is 0 Å². The topological polar surface area (TPSA) is 46.2 Å². The molecule has 0 heterocycles. The summed E-state index contributed by atoms with van der Waals surface area (Å²) in [6, 6.07) is 4.15. The molecule has 0 spiro atoms. The molecule has 19 heavy (non-hydrogen) atoms. The van der Waals surface area contributed by atoms with Gasteiger partial charge in [-0.15, -0.1) is 0 Å². The molecule has 0 aliphatic heterocycles. The number of aromatic hydroxyl groups is 1. The number of phenols is 1. The largest absolute Gasteiger partial charge is 0.507 e. The van der Waals surface area contributed by atoms with Crippen molar-refractivity contribution in [3.63, 3.8) is 0 Å². The van der Waals surface area contributed by atoms with Crippen molar-refractivity contribution in [2.75, 3.05) is 0 Å². The van der Waals surface area contributed by atoms with Crippen molar-refractivity contribution < 1.29 is 5.11 Å². The molecule has 106 valence electrons. The number of benzene rings is 1. The van der Waals surface area contributed by atoms with E-state index in [4.69, 9.17) is 5.73 Å². The number of rotatable bonds is 1. The van der Waals surface area contributed by atoms with Crippen LogP contribution in [0.1, 0.15) is 69.6 Å². The molecule has 2 nitrogen and oxygen atoms in total. The molecule has 0 saturated heterocycles. The highest BCUT2D eigenvalue weighted by Gasteiger charge is 2.35. The Kier molecular flexibility index (Phi) is 3.65. The van der Waals surface area contributed by atoms with E-state index in [9.17, 15) is 5.11 Å². The average Bonchev–Trinajstić information content (AvgIpc) is 2.27. The summed E-state index contributed by atoms with van der Waals surface area (Å²) in [5.74, 6) is 0.428. The van der Waals surface area contributed by atoms with Crippen molar-refractivity contribution in [2.45, 2.75) is 70.8 Å². The van der Waals surface area contributed by atoms with Crippen LogP contribution in [0.2, 0.25) is 0 Å². The van der Waals surface area contributed by atoms with E-state index < -0.39 is 0 Å². The fraction of sp³-hybridized carbons (Fsp3) is 0.647.